The molecule has 0 fully saturated rings. The molecule has 0 aliphatic rings. The fourth-order valence-electron chi connectivity index (χ4n) is 0.976. The number of hydrogen-bond donors (Lipinski definition) is 1. The van der Waals surface area contributed by atoms with Crippen LogP contribution in [0.3, 0.4) is 0 Å². The quantitative estimate of drug-likeness (QED) is 0.605. The van der Waals surface area contributed by atoms with E-state index >= 15 is 0 Å². The van der Waals surface area contributed by atoms with E-state index < -0.39 is 11.9 Å². The third-order valence-corrected chi connectivity index (χ3v) is 2.82. The highest BCUT2D eigenvalue weighted by Gasteiger charge is 2.15. The van der Waals surface area contributed by atoms with Gasteiger partial charge in [0.25, 0.3) is 0 Å². The van der Waals surface area contributed by atoms with E-state index in [-0.39, 0.29) is 5.92 Å². The highest BCUT2D eigenvalue weighted by molar-refractivity contribution is 7.09. The van der Waals surface area contributed by atoms with E-state index in [0.29, 0.717) is 6.54 Å². The Balaban J connectivity index is 2.38. The molecule has 1 N–H and O–H groups in total. The summed E-state index contributed by atoms with van der Waals surface area (Å²) in [5.74, 6) is -1.50. The smallest absolute Gasteiger partial charge is 0.396 e. The normalized spacial score (nSPS) is 11.9. The van der Waals surface area contributed by atoms with Gasteiger partial charge in [0.1, 0.15) is 0 Å². The average molecular weight is 228 g/mol. The molecule has 15 heavy (non-hydrogen) atoms. The van der Waals surface area contributed by atoms with Crippen LogP contribution in [0.1, 0.15) is 17.8 Å². The van der Waals surface area contributed by atoms with Gasteiger partial charge >= 0.3 is 11.9 Å². The van der Waals surface area contributed by atoms with Gasteiger partial charge in [-0.1, -0.05) is 6.92 Å². The van der Waals surface area contributed by atoms with Gasteiger partial charge < -0.3 is 10.1 Å². The monoisotopic (exact) mass is 228 g/mol. The molecule has 1 rings (SSSR count). The van der Waals surface area contributed by atoms with Gasteiger partial charge in [0, 0.05) is 24.0 Å². The fourth-order valence-corrected chi connectivity index (χ4v) is 1.67. The molecule has 0 aromatic carbocycles. The first-order chi connectivity index (χ1) is 7.15. The Labute approximate surface area is 91.5 Å². The summed E-state index contributed by atoms with van der Waals surface area (Å²) in [6.07, 6.45) is 1.71. The molecule has 1 aromatic rings. The van der Waals surface area contributed by atoms with Crippen LogP contribution in [-0.4, -0.2) is 30.5 Å². The van der Waals surface area contributed by atoms with E-state index in [1.54, 1.807) is 6.20 Å². The van der Waals surface area contributed by atoms with Crippen molar-refractivity contribution in [3.8, 4) is 0 Å². The molecule has 82 valence electrons. The van der Waals surface area contributed by atoms with Crippen LogP contribution in [0.5, 0.6) is 0 Å². The second-order valence-electron chi connectivity index (χ2n) is 2.97. The van der Waals surface area contributed by atoms with Crippen molar-refractivity contribution in [2.45, 2.75) is 12.8 Å². The molecule has 0 aliphatic carbocycles. The highest BCUT2D eigenvalue weighted by atomic mass is 32.1. The first kappa shape index (κ1) is 11.6. The summed E-state index contributed by atoms with van der Waals surface area (Å²) in [5, 5.41) is 5.27. The lowest BCUT2D eigenvalue weighted by Gasteiger charge is -2.08. The van der Waals surface area contributed by atoms with Crippen LogP contribution in [0.2, 0.25) is 0 Å². The number of nitrogens with zero attached hydrogens (tertiary/aromatic N) is 1. The SMILES string of the molecule is COC(=O)C(=O)NCC(C)c1nccs1. The lowest BCUT2D eigenvalue weighted by molar-refractivity contribution is -0.152. The number of hydrogen-bond acceptors (Lipinski definition) is 5. The molecule has 5 nitrogen and oxygen atoms in total. The van der Waals surface area contributed by atoms with Crippen LogP contribution in [0, 0.1) is 0 Å². The van der Waals surface area contributed by atoms with E-state index in [2.05, 4.69) is 15.0 Å². The zero-order valence-corrected chi connectivity index (χ0v) is 9.34. The number of ether oxygens (including phenoxy) is 1. The van der Waals surface area contributed by atoms with Gasteiger partial charge in [-0.2, -0.15) is 0 Å². The standard InChI is InChI=1S/C9H12N2O3S/c1-6(8-10-3-4-15-8)5-11-7(12)9(13)14-2/h3-4,6H,5H2,1-2H3,(H,11,12). The Bertz CT molecular complexity index is 337. The number of methoxy groups -OCH3 is 1. The van der Waals surface area contributed by atoms with Gasteiger partial charge in [-0.3, -0.25) is 4.79 Å². The van der Waals surface area contributed by atoms with Crippen molar-refractivity contribution < 1.29 is 14.3 Å². The molecule has 0 aliphatic heterocycles. The Kier molecular flexibility index (Phi) is 4.23. The molecule has 6 heteroatoms. The number of carbonyl (C=O) groups is 2. The Morgan fingerprint density at radius 2 is 2.40 bits per heavy atom. The summed E-state index contributed by atoms with van der Waals surface area (Å²) in [6, 6.07) is 0. The summed E-state index contributed by atoms with van der Waals surface area (Å²) >= 11 is 1.52. The number of aromatic nitrogens is 1. The van der Waals surface area contributed by atoms with Gasteiger partial charge in [0.05, 0.1) is 12.1 Å². The Morgan fingerprint density at radius 3 is 2.93 bits per heavy atom. The van der Waals surface area contributed by atoms with E-state index in [0.717, 1.165) is 5.01 Å². The van der Waals surface area contributed by atoms with Gasteiger partial charge in [-0.15, -0.1) is 11.3 Å². The molecular weight excluding hydrogens is 216 g/mol. The molecule has 0 saturated carbocycles. The van der Waals surface area contributed by atoms with Crippen LogP contribution in [0.25, 0.3) is 0 Å². The molecule has 1 unspecified atom stereocenters. The van der Waals surface area contributed by atoms with Gasteiger partial charge in [-0.25, -0.2) is 9.78 Å². The summed E-state index contributed by atoms with van der Waals surface area (Å²) in [5.41, 5.74) is 0. The van der Waals surface area contributed by atoms with Crippen LogP contribution in [0.4, 0.5) is 0 Å². The average Bonchev–Trinajstić information content (AvgIpc) is 2.77. The predicted molar refractivity (Wildman–Crippen MR) is 55.6 cm³/mol. The molecular formula is C9H12N2O3S. The third-order valence-electron chi connectivity index (χ3n) is 1.81. The minimum absolute atomic E-state index is 0.0959. The Hall–Kier alpha value is -1.43. The van der Waals surface area contributed by atoms with Crippen LogP contribution >= 0.6 is 11.3 Å². The summed E-state index contributed by atoms with van der Waals surface area (Å²) in [7, 11) is 1.17. The van der Waals surface area contributed by atoms with Crippen molar-refractivity contribution in [1.82, 2.24) is 10.3 Å². The lowest BCUT2D eigenvalue weighted by atomic mass is 10.2. The zero-order valence-electron chi connectivity index (χ0n) is 8.52. The van der Waals surface area contributed by atoms with Crippen molar-refractivity contribution in [3.05, 3.63) is 16.6 Å². The maximum Gasteiger partial charge on any atom is 0.396 e. The van der Waals surface area contributed by atoms with Crippen molar-refractivity contribution in [3.63, 3.8) is 0 Å². The summed E-state index contributed by atoms with van der Waals surface area (Å²) in [4.78, 5) is 25.9. The largest absolute Gasteiger partial charge is 0.462 e. The zero-order chi connectivity index (χ0) is 11.3. The molecule has 1 amide bonds. The molecule has 1 atom stereocenters. The van der Waals surface area contributed by atoms with Gasteiger partial charge in [0.15, 0.2) is 0 Å². The molecule has 0 bridgehead atoms. The minimum Gasteiger partial charge on any atom is -0.462 e. The van der Waals surface area contributed by atoms with Crippen LogP contribution in [0.15, 0.2) is 11.6 Å². The van der Waals surface area contributed by atoms with Crippen LogP contribution < -0.4 is 5.32 Å². The maximum absolute atomic E-state index is 11.0. The number of thiazole rings is 1. The van der Waals surface area contributed by atoms with E-state index in [1.165, 1.54) is 18.4 Å². The van der Waals surface area contributed by atoms with Crippen LogP contribution in [-0.2, 0) is 14.3 Å². The summed E-state index contributed by atoms with van der Waals surface area (Å²) in [6.45, 7) is 2.30. The first-order valence-corrected chi connectivity index (χ1v) is 5.28. The molecule has 0 radical (unpaired) electrons. The van der Waals surface area contributed by atoms with Gasteiger partial charge in [-0.05, 0) is 0 Å². The second-order valence-corrected chi connectivity index (χ2v) is 3.90. The summed E-state index contributed by atoms with van der Waals surface area (Å²) < 4.78 is 4.27. The predicted octanol–water partition coefficient (Wildman–Crippen LogP) is 0.536. The van der Waals surface area contributed by atoms with E-state index in [9.17, 15) is 9.59 Å². The number of carbonyl (C=O) groups excluding carboxylic acids is 2. The second kappa shape index (κ2) is 5.45. The Morgan fingerprint density at radius 1 is 1.67 bits per heavy atom. The first-order valence-electron chi connectivity index (χ1n) is 4.40. The third kappa shape index (κ3) is 3.32. The molecule has 1 aromatic heterocycles. The number of rotatable bonds is 3. The van der Waals surface area contributed by atoms with Crippen molar-refractivity contribution >= 4 is 23.2 Å². The van der Waals surface area contributed by atoms with Crippen molar-refractivity contribution in [1.29, 1.82) is 0 Å². The van der Waals surface area contributed by atoms with E-state index in [4.69, 9.17) is 0 Å². The topological polar surface area (TPSA) is 68.3 Å². The number of nitrogens with one attached hydrogen (secondary N) is 1. The molecule has 1 heterocycles. The number of amides is 1. The molecule has 0 saturated heterocycles. The molecule has 0 spiro atoms. The van der Waals surface area contributed by atoms with E-state index in [1.807, 2.05) is 12.3 Å². The number of esters is 1. The lowest BCUT2D eigenvalue weighted by Crippen LogP contribution is -2.34. The fraction of sp³-hybridized carbons (Fsp3) is 0.444. The van der Waals surface area contributed by atoms with Crippen molar-refractivity contribution in [2.75, 3.05) is 13.7 Å². The van der Waals surface area contributed by atoms with Gasteiger partial charge in [0.2, 0.25) is 0 Å². The highest BCUT2D eigenvalue weighted by Crippen LogP contribution is 2.16. The minimum atomic E-state index is -0.874. The maximum atomic E-state index is 11.0. The van der Waals surface area contributed by atoms with Crippen molar-refractivity contribution in [2.24, 2.45) is 0 Å².